The SMILES string of the molecule is CN(CCc1ccncc1)C(=O)c1ccc(Cl)c(N)c1. The quantitative estimate of drug-likeness (QED) is 0.880. The van der Waals surface area contributed by atoms with Gasteiger partial charge in [-0.2, -0.15) is 0 Å². The maximum absolute atomic E-state index is 12.2. The third kappa shape index (κ3) is 3.48. The average Bonchev–Trinajstić information content (AvgIpc) is 2.48. The number of hydrogen-bond donors (Lipinski definition) is 1. The Balaban J connectivity index is 1.99. The first kappa shape index (κ1) is 14.3. The first-order chi connectivity index (χ1) is 9.58. The molecule has 0 radical (unpaired) electrons. The van der Waals surface area contributed by atoms with Gasteiger partial charge in [-0.05, 0) is 42.3 Å². The van der Waals surface area contributed by atoms with Crippen LogP contribution in [-0.4, -0.2) is 29.4 Å². The number of halogens is 1. The third-order valence-corrected chi connectivity index (χ3v) is 3.42. The highest BCUT2D eigenvalue weighted by molar-refractivity contribution is 6.33. The standard InChI is InChI=1S/C15H16ClN3O/c1-19(9-6-11-4-7-18-8-5-11)15(20)12-2-3-13(16)14(17)10-12/h2-5,7-8,10H,6,9,17H2,1H3. The Morgan fingerprint density at radius 3 is 2.65 bits per heavy atom. The van der Waals surface area contributed by atoms with Crippen LogP contribution in [0.15, 0.2) is 42.7 Å². The van der Waals surface area contributed by atoms with Crippen LogP contribution in [0.4, 0.5) is 5.69 Å². The molecule has 0 atom stereocenters. The van der Waals surface area contributed by atoms with E-state index in [1.54, 1.807) is 42.5 Å². The number of carbonyl (C=O) groups excluding carboxylic acids is 1. The van der Waals surface area contributed by atoms with E-state index in [9.17, 15) is 4.79 Å². The van der Waals surface area contributed by atoms with E-state index in [0.717, 1.165) is 12.0 Å². The number of likely N-dealkylation sites (N-methyl/N-ethyl adjacent to an activating group) is 1. The average molecular weight is 290 g/mol. The fraction of sp³-hybridized carbons (Fsp3) is 0.200. The lowest BCUT2D eigenvalue weighted by Crippen LogP contribution is -2.28. The molecule has 1 heterocycles. The first-order valence-corrected chi connectivity index (χ1v) is 6.65. The number of pyridine rings is 1. The van der Waals surface area contributed by atoms with E-state index in [-0.39, 0.29) is 5.91 Å². The zero-order chi connectivity index (χ0) is 14.5. The number of amides is 1. The molecule has 0 unspecified atom stereocenters. The maximum atomic E-state index is 12.2. The van der Waals surface area contributed by atoms with Crippen LogP contribution in [0.25, 0.3) is 0 Å². The summed E-state index contributed by atoms with van der Waals surface area (Å²) in [6.07, 6.45) is 4.28. The molecule has 1 aromatic carbocycles. The zero-order valence-corrected chi connectivity index (χ0v) is 12.0. The van der Waals surface area contributed by atoms with Gasteiger partial charge in [0.2, 0.25) is 0 Å². The van der Waals surface area contributed by atoms with Crippen molar-refractivity contribution in [3.63, 3.8) is 0 Å². The van der Waals surface area contributed by atoms with E-state index in [1.165, 1.54) is 0 Å². The van der Waals surface area contributed by atoms with Gasteiger partial charge >= 0.3 is 0 Å². The molecule has 4 nitrogen and oxygen atoms in total. The van der Waals surface area contributed by atoms with Crippen LogP contribution in [0.3, 0.4) is 0 Å². The van der Waals surface area contributed by atoms with Gasteiger partial charge in [-0.25, -0.2) is 0 Å². The van der Waals surface area contributed by atoms with Gasteiger partial charge in [-0.15, -0.1) is 0 Å². The van der Waals surface area contributed by atoms with E-state index in [4.69, 9.17) is 17.3 Å². The van der Waals surface area contributed by atoms with Gasteiger partial charge in [-0.3, -0.25) is 9.78 Å². The largest absolute Gasteiger partial charge is 0.398 e. The summed E-state index contributed by atoms with van der Waals surface area (Å²) in [5.74, 6) is -0.0672. The van der Waals surface area contributed by atoms with Gasteiger partial charge in [-0.1, -0.05) is 11.6 Å². The van der Waals surface area contributed by atoms with Crippen LogP contribution in [0.2, 0.25) is 5.02 Å². The van der Waals surface area contributed by atoms with Crippen molar-refractivity contribution in [2.24, 2.45) is 0 Å². The summed E-state index contributed by atoms with van der Waals surface area (Å²) in [5, 5.41) is 0.459. The summed E-state index contributed by atoms with van der Waals surface area (Å²) < 4.78 is 0. The molecule has 2 N–H and O–H groups in total. The molecule has 0 aliphatic carbocycles. The van der Waals surface area contributed by atoms with Crippen molar-refractivity contribution < 1.29 is 4.79 Å². The van der Waals surface area contributed by atoms with Crippen LogP contribution in [0, 0.1) is 0 Å². The van der Waals surface area contributed by atoms with E-state index in [0.29, 0.717) is 22.8 Å². The van der Waals surface area contributed by atoms with Crippen molar-refractivity contribution in [2.75, 3.05) is 19.3 Å². The van der Waals surface area contributed by atoms with Gasteiger partial charge in [0, 0.05) is 31.5 Å². The van der Waals surface area contributed by atoms with Gasteiger partial charge in [0.05, 0.1) is 10.7 Å². The van der Waals surface area contributed by atoms with Crippen molar-refractivity contribution in [1.82, 2.24) is 9.88 Å². The minimum absolute atomic E-state index is 0.0672. The van der Waals surface area contributed by atoms with Gasteiger partial charge in [0.15, 0.2) is 0 Å². The first-order valence-electron chi connectivity index (χ1n) is 6.27. The molecule has 2 rings (SSSR count). The lowest BCUT2D eigenvalue weighted by Gasteiger charge is -2.17. The molecule has 0 spiro atoms. The summed E-state index contributed by atoms with van der Waals surface area (Å²) in [6, 6.07) is 8.82. The van der Waals surface area contributed by atoms with E-state index in [1.807, 2.05) is 12.1 Å². The molecule has 2 aromatic rings. The minimum atomic E-state index is -0.0672. The Bertz CT molecular complexity index is 601. The van der Waals surface area contributed by atoms with Crippen molar-refractivity contribution in [1.29, 1.82) is 0 Å². The Hall–Kier alpha value is -2.07. The molecule has 104 valence electrons. The second kappa shape index (κ2) is 6.39. The number of nitrogens with zero attached hydrogens (tertiary/aromatic N) is 2. The van der Waals surface area contributed by atoms with E-state index in [2.05, 4.69) is 4.98 Å². The highest BCUT2D eigenvalue weighted by Crippen LogP contribution is 2.20. The Morgan fingerprint density at radius 1 is 1.30 bits per heavy atom. The van der Waals surface area contributed by atoms with Crippen LogP contribution in [-0.2, 0) is 6.42 Å². The van der Waals surface area contributed by atoms with Crippen LogP contribution < -0.4 is 5.73 Å². The number of carbonyl (C=O) groups is 1. The summed E-state index contributed by atoms with van der Waals surface area (Å²) in [4.78, 5) is 17.9. The molecule has 0 saturated carbocycles. The summed E-state index contributed by atoms with van der Waals surface area (Å²) in [7, 11) is 1.77. The second-order valence-corrected chi connectivity index (χ2v) is 4.98. The van der Waals surface area contributed by atoms with Crippen LogP contribution in [0.5, 0.6) is 0 Å². The highest BCUT2D eigenvalue weighted by atomic mass is 35.5. The minimum Gasteiger partial charge on any atom is -0.398 e. The number of nitrogen functional groups attached to an aromatic ring is 1. The number of anilines is 1. The van der Waals surface area contributed by atoms with Crippen molar-refractivity contribution in [3.8, 4) is 0 Å². The van der Waals surface area contributed by atoms with Crippen LogP contribution >= 0.6 is 11.6 Å². The Labute approximate surface area is 123 Å². The number of benzene rings is 1. The molecular weight excluding hydrogens is 274 g/mol. The molecule has 0 saturated heterocycles. The molecule has 20 heavy (non-hydrogen) atoms. The summed E-state index contributed by atoms with van der Waals surface area (Å²) in [6.45, 7) is 0.630. The Morgan fingerprint density at radius 2 is 2.00 bits per heavy atom. The van der Waals surface area contributed by atoms with E-state index >= 15 is 0 Å². The van der Waals surface area contributed by atoms with Gasteiger partial charge in [0.25, 0.3) is 5.91 Å². The molecule has 5 heteroatoms. The number of hydrogen-bond acceptors (Lipinski definition) is 3. The zero-order valence-electron chi connectivity index (χ0n) is 11.2. The predicted molar refractivity (Wildman–Crippen MR) is 80.8 cm³/mol. The summed E-state index contributed by atoms with van der Waals surface area (Å²) >= 11 is 5.85. The molecule has 1 amide bonds. The normalized spacial score (nSPS) is 10.3. The monoisotopic (exact) mass is 289 g/mol. The fourth-order valence-electron chi connectivity index (χ4n) is 1.84. The molecule has 0 bridgehead atoms. The smallest absolute Gasteiger partial charge is 0.253 e. The van der Waals surface area contributed by atoms with Crippen molar-refractivity contribution >= 4 is 23.2 Å². The fourth-order valence-corrected chi connectivity index (χ4v) is 1.96. The maximum Gasteiger partial charge on any atom is 0.253 e. The molecule has 0 aliphatic heterocycles. The lowest BCUT2D eigenvalue weighted by molar-refractivity contribution is 0.0796. The van der Waals surface area contributed by atoms with Crippen molar-refractivity contribution in [3.05, 3.63) is 58.9 Å². The van der Waals surface area contributed by atoms with E-state index < -0.39 is 0 Å². The molecule has 1 aromatic heterocycles. The number of nitrogens with two attached hydrogens (primary N) is 1. The molecule has 0 fully saturated rings. The highest BCUT2D eigenvalue weighted by Gasteiger charge is 2.12. The third-order valence-electron chi connectivity index (χ3n) is 3.07. The molecule has 0 aliphatic rings. The molecular formula is C15H16ClN3O. The summed E-state index contributed by atoms with van der Waals surface area (Å²) in [5.41, 5.74) is 7.82. The number of rotatable bonds is 4. The second-order valence-electron chi connectivity index (χ2n) is 4.57. The number of aromatic nitrogens is 1. The van der Waals surface area contributed by atoms with Crippen molar-refractivity contribution in [2.45, 2.75) is 6.42 Å². The lowest BCUT2D eigenvalue weighted by atomic mass is 10.1. The van der Waals surface area contributed by atoms with Gasteiger partial charge in [0.1, 0.15) is 0 Å². The van der Waals surface area contributed by atoms with Gasteiger partial charge < -0.3 is 10.6 Å². The van der Waals surface area contributed by atoms with Crippen LogP contribution in [0.1, 0.15) is 15.9 Å². The predicted octanol–water partition coefficient (Wildman–Crippen LogP) is 2.63. The topological polar surface area (TPSA) is 59.2 Å². The Kier molecular flexibility index (Phi) is 4.58.